The summed E-state index contributed by atoms with van der Waals surface area (Å²) in [6.07, 6.45) is -8.62. The number of aliphatic hydroxyl groups is 6. The van der Waals surface area contributed by atoms with Crippen LogP contribution in [0.4, 0.5) is 0 Å². The Morgan fingerprint density at radius 2 is 1.74 bits per heavy atom. The summed E-state index contributed by atoms with van der Waals surface area (Å²) in [7, 11) is 0. The molecule has 14 nitrogen and oxygen atoms in total. The average molecular weight is 651 g/mol. The van der Waals surface area contributed by atoms with E-state index in [-0.39, 0.29) is 11.5 Å². The molecule has 1 aromatic carbocycles. The summed E-state index contributed by atoms with van der Waals surface area (Å²) < 4.78 is 23.4. The van der Waals surface area contributed by atoms with E-state index in [1.54, 1.807) is 6.07 Å². The van der Waals surface area contributed by atoms with Gasteiger partial charge in [0.15, 0.2) is 6.29 Å². The minimum atomic E-state index is -1.86. The lowest BCUT2D eigenvalue weighted by atomic mass is 9.55. The number of carboxylic acid groups (broad SMARTS) is 1. The lowest BCUT2D eigenvalue weighted by Gasteiger charge is -2.51. The Bertz CT molecular complexity index is 1300. The van der Waals surface area contributed by atoms with E-state index in [2.05, 4.69) is 12.2 Å². The van der Waals surface area contributed by atoms with Crippen molar-refractivity contribution in [1.29, 1.82) is 0 Å². The first-order valence-corrected chi connectivity index (χ1v) is 16.1. The van der Waals surface area contributed by atoms with E-state index >= 15 is 0 Å². The Kier molecular flexibility index (Phi) is 9.39. The third kappa shape index (κ3) is 5.81. The molecule has 2 heterocycles. The van der Waals surface area contributed by atoms with Crippen molar-refractivity contribution in [2.45, 2.75) is 126 Å². The molecule has 1 amide bonds. The highest BCUT2D eigenvalue weighted by molar-refractivity contribution is 5.73. The summed E-state index contributed by atoms with van der Waals surface area (Å²) in [6.45, 7) is 3.03. The standard InChI is InChI=1S/C32H45NO13/c1-13(35)33-22-24(37)23(36)20(12-34)44-30(22)45-21-8-7-19-18-5-3-14-11-15(4-6-16(14)17(18)9-10-32(19,21)2)43-31-27(40)25(38)26(39)28(46-31)29(41)42/h4,6,11,17-28,30-31,34,36-40H,3,5,7-10,12H2,1-2H3,(H,33,35)(H,41,42)/p-1/t17-,18-,19+,20-,21-,22-,23-,24-,25+,26+,27-,28+,30-,31+,32+/m1/s1. The van der Waals surface area contributed by atoms with Gasteiger partial charge in [0.2, 0.25) is 12.2 Å². The molecular formula is C32H44NO13-. The number of hydrogen-bond donors (Lipinski definition) is 7. The van der Waals surface area contributed by atoms with Gasteiger partial charge in [0.1, 0.15) is 54.5 Å². The molecule has 5 aliphatic rings. The Morgan fingerprint density at radius 3 is 2.43 bits per heavy atom. The van der Waals surface area contributed by atoms with Crippen LogP contribution in [-0.2, 0) is 30.2 Å². The Morgan fingerprint density at radius 1 is 0.978 bits per heavy atom. The molecule has 0 spiro atoms. The molecule has 2 saturated heterocycles. The van der Waals surface area contributed by atoms with Gasteiger partial charge in [0.25, 0.3) is 0 Å². The summed E-state index contributed by atoms with van der Waals surface area (Å²) in [5.74, 6) is -0.774. The second kappa shape index (κ2) is 12.9. The molecule has 1 aromatic rings. The van der Waals surface area contributed by atoms with Gasteiger partial charge < -0.3 is 64.8 Å². The predicted octanol–water partition coefficient (Wildman–Crippen LogP) is -2.19. The van der Waals surface area contributed by atoms with Crippen LogP contribution in [0.25, 0.3) is 0 Å². The highest BCUT2D eigenvalue weighted by Crippen LogP contribution is 2.62. The zero-order valence-electron chi connectivity index (χ0n) is 25.8. The second-order valence-electron chi connectivity index (χ2n) is 13.8. The minimum Gasteiger partial charge on any atom is -0.547 e. The van der Waals surface area contributed by atoms with Crippen LogP contribution < -0.4 is 15.2 Å². The molecule has 46 heavy (non-hydrogen) atoms. The minimum absolute atomic E-state index is 0.197. The number of carboxylic acids is 1. The molecule has 7 N–H and O–H groups in total. The smallest absolute Gasteiger partial charge is 0.229 e. The zero-order chi connectivity index (χ0) is 33.1. The molecule has 0 aromatic heterocycles. The third-order valence-electron chi connectivity index (χ3n) is 11.2. The van der Waals surface area contributed by atoms with Gasteiger partial charge in [-0.3, -0.25) is 4.79 Å². The number of nitrogens with one attached hydrogen (secondary N) is 1. The highest BCUT2D eigenvalue weighted by atomic mass is 16.7. The summed E-state index contributed by atoms with van der Waals surface area (Å²) in [5.41, 5.74) is 2.08. The first-order chi connectivity index (χ1) is 21.8. The fourth-order valence-electron chi connectivity index (χ4n) is 8.83. The Balaban J connectivity index is 1.15. The Labute approximate surface area is 266 Å². The van der Waals surface area contributed by atoms with E-state index in [0.717, 1.165) is 44.1 Å². The molecule has 0 bridgehead atoms. The molecule has 256 valence electrons. The van der Waals surface area contributed by atoms with Crippen LogP contribution in [0.3, 0.4) is 0 Å². The van der Waals surface area contributed by atoms with E-state index in [1.165, 1.54) is 12.5 Å². The summed E-state index contributed by atoms with van der Waals surface area (Å²) >= 11 is 0. The number of aliphatic hydroxyl groups excluding tert-OH is 6. The molecule has 6 rings (SSSR count). The Hall–Kier alpha value is -2.40. The average Bonchev–Trinajstić information content (AvgIpc) is 3.36. The van der Waals surface area contributed by atoms with Crippen molar-refractivity contribution in [2.24, 2.45) is 17.3 Å². The van der Waals surface area contributed by atoms with E-state index in [4.69, 9.17) is 18.9 Å². The number of fused-ring (bicyclic) bond motifs is 5. The van der Waals surface area contributed by atoms with Crippen LogP contribution in [0.5, 0.6) is 5.75 Å². The lowest BCUT2D eigenvalue weighted by molar-refractivity contribution is -0.342. The van der Waals surface area contributed by atoms with Gasteiger partial charge in [-0.25, -0.2) is 0 Å². The van der Waals surface area contributed by atoms with Crippen molar-refractivity contribution in [3.05, 3.63) is 29.3 Å². The first kappa shape index (κ1) is 33.5. The van der Waals surface area contributed by atoms with Crippen LogP contribution in [0.2, 0.25) is 0 Å². The van der Waals surface area contributed by atoms with Crippen LogP contribution in [0, 0.1) is 17.3 Å². The third-order valence-corrected chi connectivity index (χ3v) is 11.2. The SMILES string of the molecule is CC(=O)N[C@H]1[C@@H](O[C@@H]2CC[C@H]3[C@@H]4CCc5cc(O[C@H]6O[C@H](C(=O)[O-])[C@@H](O)[C@H](O)[C@H]6O)ccc5[C@H]4CC[C@]23C)O[C@H](CO)[C@@H](O)[C@@H]1O. The molecule has 0 radical (unpaired) electrons. The van der Waals surface area contributed by atoms with Gasteiger partial charge in [0.05, 0.1) is 18.7 Å². The van der Waals surface area contributed by atoms with Crippen molar-refractivity contribution in [3.8, 4) is 5.75 Å². The van der Waals surface area contributed by atoms with Crippen molar-refractivity contribution in [3.63, 3.8) is 0 Å². The fraction of sp³-hybridized carbons (Fsp3) is 0.750. The molecule has 2 aliphatic heterocycles. The number of rotatable bonds is 7. The largest absolute Gasteiger partial charge is 0.547 e. The summed E-state index contributed by atoms with van der Waals surface area (Å²) in [4.78, 5) is 23.3. The molecule has 4 fully saturated rings. The maximum atomic E-state index is 11.9. The topological polar surface area (TPSA) is 228 Å². The van der Waals surface area contributed by atoms with Crippen molar-refractivity contribution in [1.82, 2.24) is 5.32 Å². The normalized spacial score (nSPS) is 45.2. The number of hydrogen-bond acceptors (Lipinski definition) is 13. The summed E-state index contributed by atoms with van der Waals surface area (Å²) in [5, 5.41) is 75.3. The van der Waals surface area contributed by atoms with Gasteiger partial charge >= 0.3 is 0 Å². The van der Waals surface area contributed by atoms with Gasteiger partial charge in [0, 0.05) is 6.92 Å². The number of benzene rings is 1. The molecule has 0 unspecified atom stereocenters. The maximum absolute atomic E-state index is 11.9. The maximum Gasteiger partial charge on any atom is 0.229 e. The number of ether oxygens (including phenoxy) is 4. The summed E-state index contributed by atoms with van der Waals surface area (Å²) in [6, 6.07) is 4.57. The van der Waals surface area contributed by atoms with Gasteiger partial charge in [-0.2, -0.15) is 0 Å². The van der Waals surface area contributed by atoms with E-state index < -0.39 is 79.8 Å². The number of aliphatic carboxylic acids is 1. The molecule has 15 atom stereocenters. The van der Waals surface area contributed by atoms with Crippen LogP contribution in [0.1, 0.15) is 63.0 Å². The van der Waals surface area contributed by atoms with Gasteiger partial charge in [-0.05, 0) is 85.0 Å². The number of carbonyl (C=O) groups excluding carboxylic acids is 2. The monoisotopic (exact) mass is 650 g/mol. The van der Waals surface area contributed by atoms with E-state index in [9.17, 15) is 45.3 Å². The van der Waals surface area contributed by atoms with Crippen molar-refractivity contribution < 1.29 is 64.3 Å². The quantitative estimate of drug-likeness (QED) is 0.167. The fourth-order valence-corrected chi connectivity index (χ4v) is 8.83. The second-order valence-corrected chi connectivity index (χ2v) is 13.8. The molecule has 14 heteroatoms. The predicted molar refractivity (Wildman–Crippen MR) is 154 cm³/mol. The van der Waals surface area contributed by atoms with Crippen molar-refractivity contribution >= 4 is 11.9 Å². The van der Waals surface area contributed by atoms with Crippen LogP contribution in [-0.4, -0.2) is 117 Å². The number of amides is 1. The lowest BCUT2D eigenvalue weighted by Crippen LogP contribution is -2.65. The van der Waals surface area contributed by atoms with Crippen LogP contribution >= 0.6 is 0 Å². The van der Waals surface area contributed by atoms with Crippen LogP contribution in [0.15, 0.2) is 18.2 Å². The van der Waals surface area contributed by atoms with E-state index in [0.29, 0.717) is 23.5 Å². The highest BCUT2D eigenvalue weighted by Gasteiger charge is 2.57. The zero-order valence-corrected chi connectivity index (χ0v) is 25.8. The molecule has 2 saturated carbocycles. The van der Waals surface area contributed by atoms with Crippen molar-refractivity contribution in [2.75, 3.05) is 6.61 Å². The van der Waals surface area contributed by atoms with E-state index in [1.807, 2.05) is 12.1 Å². The van der Waals surface area contributed by atoms with Gasteiger partial charge in [-0.15, -0.1) is 0 Å². The molecule has 3 aliphatic carbocycles. The first-order valence-electron chi connectivity index (χ1n) is 16.1. The molecular weight excluding hydrogens is 606 g/mol. The number of carbonyl (C=O) groups is 2. The van der Waals surface area contributed by atoms with Gasteiger partial charge in [-0.1, -0.05) is 13.0 Å². The number of aryl methyl sites for hydroxylation is 1.